The Balaban J connectivity index is 1.25. The summed E-state index contributed by atoms with van der Waals surface area (Å²) in [6.45, 7) is 4.58. The summed E-state index contributed by atoms with van der Waals surface area (Å²) in [5.41, 5.74) is 2.83. The predicted molar refractivity (Wildman–Crippen MR) is 88.3 cm³/mol. The largest absolute Gasteiger partial charge is 0.316 e. The lowest BCUT2D eigenvalue weighted by molar-refractivity contribution is -0.0353. The molecule has 1 nitrogen and oxygen atoms in total. The molecular weight excluding hydrogens is 254 g/mol. The molecule has 5 rings (SSSR count). The lowest BCUT2D eigenvalue weighted by Gasteiger charge is -2.54. The molecule has 0 amide bonds. The molecule has 0 unspecified atom stereocenters. The van der Waals surface area contributed by atoms with Crippen molar-refractivity contribution in [3.05, 3.63) is 35.4 Å². The molecule has 0 radical (unpaired) electrons. The van der Waals surface area contributed by atoms with Crippen LogP contribution in [0.3, 0.4) is 0 Å². The van der Waals surface area contributed by atoms with E-state index >= 15 is 0 Å². The van der Waals surface area contributed by atoms with Crippen LogP contribution in [0, 0.1) is 36.5 Å². The van der Waals surface area contributed by atoms with Crippen molar-refractivity contribution in [3.63, 3.8) is 0 Å². The van der Waals surface area contributed by atoms with E-state index < -0.39 is 0 Å². The van der Waals surface area contributed by atoms with Crippen LogP contribution in [-0.4, -0.2) is 13.1 Å². The van der Waals surface area contributed by atoms with Crippen molar-refractivity contribution < 1.29 is 0 Å². The molecule has 4 saturated carbocycles. The highest BCUT2D eigenvalue weighted by molar-refractivity contribution is 5.21. The highest BCUT2D eigenvalue weighted by Crippen LogP contribution is 2.56. The quantitative estimate of drug-likeness (QED) is 0.799. The first-order chi connectivity index (χ1) is 10.3. The lowest BCUT2D eigenvalue weighted by Crippen LogP contribution is -2.48. The van der Waals surface area contributed by atoms with Crippen LogP contribution in [0.25, 0.3) is 0 Å². The summed E-state index contributed by atoms with van der Waals surface area (Å²) in [6, 6.07) is 9.01. The molecule has 0 aromatic heterocycles. The Kier molecular flexibility index (Phi) is 3.79. The van der Waals surface area contributed by atoms with Crippen molar-refractivity contribution in [2.45, 2.75) is 45.4 Å². The third kappa shape index (κ3) is 2.90. The summed E-state index contributed by atoms with van der Waals surface area (Å²) < 4.78 is 0. The first-order valence-corrected chi connectivity index (χ1v) is 9.04. The van der Waals surface area contributed by atoms with E-state index in [1.807, 2.05) is 0 Å². The molecule has 1 N–H and O–H groups in total. The van der Waals surface area contributed by atoms with Crippen molar-refractivity contribution >= 4 is 0 Å². The van der Waals surface area contributed by atoms with Gasteiger partial charge in [0.15, 0.2) is 0 Å². The van der Waals surface area contributed by atoms with E-state index in [4.69, 9.17) is 0 Å². The molecule has 4 bridgehead atoms. The van der Waals surface area contributed by atoms with Gasteiger partial charge in [0.05, 0.1) is 0 Å². The molecule has 114 valence electrons. The fourth-order valence-electron chi connectivity index (χ4n) is 5.63. The van der Waals surface area contributed by atoms with Gasteiger partial charge in [-0.3, -0.25) is 0 Å². The van der Waals surface area contributed by atoms with Crippen LogP contribution in [0.4, 0.5) is 0 Å². The van der Waals surface area contributed by atoms with Gasteiger partial charge in [0.25, 0.3) is 0 Å². The van der Waals surface area contributed by atoms with E-state index in [-0.39, 0.29) is 0 Å². The van der Waals surface area contributed by atoms with Crippen molar-refractivity contribution in [1.82, 2.24) is 5.32 Å². The summed E-state index contributed by atoms with van der Waals surface area (Å²) in [4.78, 5) is 0. The van der Waals surface area contributed by atoms with Crippen molar-refractivity contribution in [1.29, 1.82) is 0 Å². The SMILES string of the molecule is Cc1ccc(CCNCC2C3CC4CC(C3)CC2C4)cc1. The minimum Gasteiger partial charge on any atom is -0.316 e. The average molecular weight is 283 g/mol. The Hall–Kier alpha value is -0.820. The maximum Gasteiger partial charge on any atom is -0.000823 e. The Morgan fingerprint density at radius 1 is 0.905 bits per heavy atom. The Morgan fingerprint density at radius 3 is 2.14 bits per heavy atom. The summed E-state index contributed by atoms with van der Waals surface area (Å²) in [5, 5.41) is 3.78. The van der Waals surface area contributed by atoms with E-state index in [0.717, 1.165) is 36.1 Å². The summed E-state index contributed by atoms with van der Waals surface area (Å²) >= 11 is 0. The molecule has 4 aliphatic carbocycles. The summed E-state index contributed by atoms with van der Waals surface area (Å²) in [7, 11) is 0. The minimum atomic E-state index is 0.996. The maximum absolute atomic E-state index is 3.78. The molecule has 21 heavy (non-hydrogen) atoms. The molecule has 1 heteroatoms. The average Bonchev–Trinajstić information content (AvgIpc) is 2.47. The van der Waals surface area contributed by atoms with Crippen LogP contribution in [-0.2, 0) is 6.42 Å². The molecule has 0 heterocycles. The lowest BCUT2D eigenvalue weighted by atomic mass is 9.52. The van der Waals surface area contributed by atoms with Gasteiger partial charge in [0.2, 0.25) is 0 Å². The van der Waals surface area contributed by atoms with Gasteiger partial charge in [0, 0.05) is 0 Å². The number of rotatable bonds is 5. The molecule has 4 fully saturated rings. The fraction of sp³-hybridized carbons (Fsp3) is 0.700. The number of nitrogens with one attached hydrogen (secondary N) is 1. The monoisotopic (exact) mass is 283 g/mol. The van der Waals surface area contributed by atoms with Crippen LogP contribution in [0.15, 0.2) is 24.3 Å². The zero-order valence-corrected chi connectivity index (χ0v) is 13.4. The Labute approximate surface area is 129 Å². The molecular formula is C20H29N. The van der Waals surface area contributed by atoms with E-state index in [2.05, 4.69) is 36.5 Å². The zero-order valence-electron chi connectivity index (χ0n) is 13.4. The van der Waals surface area contributed by atoms with E-state index in [0.29, 0.717) is 0 Å². The predicted octanol–water partition coefficient (Wildman–Crippen LogP) is 4.20. The second-order valence-corrected chi connectivity index (χ2v) is 8.03. The zero-order chi connectivity index (χ0) is 14.2. The van der Waals surface area contributed by atoms with Gasteiger partial charge in [-0.2, -0.15) is 0 Å². The van der Waals surface area contributed by atoms with Crippen LogP contribution in [0.5, 0.6) is 0 Å². The minimum absolute atomic E-state index is 0.996. The van der Waals surface area contributed by atoms with Gasteiger partial charge in [-0.1, -0.05) is 29.8 Å². The molecule has 1 aromatic rings. The van der Waals surface area contributed by atoms with E-state index in [1.54, 1.807) is 32.1 Å². The van der Waals surface area contributed by atoms with Crippen LogP contribution in [0.2, 0.25) is 0 Å². The van der Waals surface area contributed by atoms with Gasteiger partial charge >= 0.3 is 0 Å². The van der Waals surface area contributed by atoms with E-state index in [9.17, 15) is 0 Å². The smallest absolute Gasteiger partial charge is 0.000823 e. The van der Waals surface area contributed by atoms with Gasteiger partial charge < -0.3 is 5.32 Å². The summed E-state index contributed by atoms with van der Waals surface area (Å²) in [5.74, 6) is 5.34. The third-order valence-corrected chi connectivity index (χ3v) is 6.51. The fourth-order valence-corrected chi connectivity index (χ4v) is 5.63. The van der Waals surface area contributed by atoms with Crippen molar-refractivity contribution in [2.24, 2.45) is 29.6 Å². The normalized spacial score (nSPS) is 37.1. The Bertz CT molecular complexity index is 447. The highest BCUT2D eigenvalue weighted by Gasteiger charge is 2.47. The molecule has 4 aliphatic rings. The Morgan fingerprint density at radius 2 is 1.52 bits per heavy atom. The number of hydrogen-bond acceptors (Lipinski definition) is 1. The number of hydrogen-bond donors (Lipinski definition) is 1. The molecule has 0 aliphatic heterocycles. The molecule has 0 atom stereocenters. The molecule has 0 spiro atoms. The molecule has 0 saturated heterocycles. The third-order valence-electron chi connectivity index (χ3n) is 6.51. The highest BCUT2D eigenvalue weighted by atomic mass is 14.9. The second-order valence-electron chi connectivity index (χ2n) is 8.03. The van der Waals surface area contributed by atoms with Gasteiger partial charge in [-0.25, -0.2) is 0 Å². The van der Waals surface area contributed by atoms with Gasteiger partial charge in [-0.15, -0.1) is 0 Å². The van der Waals surface area contributed by atoms with E-state index in [1.165, 1.54) is 24.1 Å². The first kappa shape index (κ1) is 13.8. The second kappa shape index (κ2) is 5.76. The number of benzene rings is 1. The maximum atomic E-state index is 3.78. The topological polar surface area (TPSA) is 12.0 Å². The van der Waals surface area contributed by atoms with Crippen LogP contribution in [0.1, 0.15) is 43.2 Å². The first-order valence-electron chi connectivity index (χ1n) is 9.04. The van der Waals surface area contributed by atoms with Gasteiger partial charge in [0.1, 0.15) is 0 Å². The summed E-state index contributed by atoms with van der Waals surface area (Å²) in [6.07, 6.45) is 8.96. The van der Waals surface area contributed by atoms with Crippen LogP contribution >= 0.6 is 0 Å². The van der Waals surface area contributed by atoms with Crippen molar-refractivity contribution in [2.75, 3.05) is 13.1 Å². The van der Waals surface area contributed by atoms with Crippen molar-refractivity contribution in [3.8, 4) is 0 Å². The van der Waals surface area contributed by atoms with Crippen LogP contribution < -0.4 is 5.32 Å². The molecule has 1 aromatic carbocycles. The van der Waals surface area contributed by atoms with Gasteiger partial charge in [-0.05, 0) is 93.7 Å². The standard InChI is InChI=1S/C20H29N/c1-14-2-4-15(5-3-14)6-7-21-13-20-18-9-16-8-17(11-18)12-19(20)10-16/h2-5,16-21H,6-13H2,1H3. The number of aryl methyl sites for hydroxylation is 1.